The molecule has 0 aromatic carbocycles. The zero-order valence-corrected chi connectivity index (χ0v) is 9.44. The number of rotatable bonds is 4. The maximum absolute atomic E-state index is 11.5. The van der Waals surface area contributed by atoms with E-state index in [1.165, 1.54) is 6.20 Å². The molecule has 6 heteroatoms. The third-order valence-corrected chi connectivity index (χ3v) is 2.11. The van der Waals surface area contributed by atoms with Gasteiger partial charge in [-0.1, -0.05) is 0 Å². The Hall–Kier alpha value is -0.980. The molecule has 1 unspecified atom stereocenters. The van der Waals surface area contributed by atoms with Crippen molar-refractivity contribution in [2.24, 2.45) is 0 Å². The SMILES string of the molecule is O=C(NCC(O)CO)c1cncc(Br)c1. The van der Waals surface area contributed by atoms with Gasteiger partial charge in [-0.15, -0.1) is 0 Å². The third kappa shape index (κ3) is 3.94. The largest absolute Gasteiger partial charge is 0.394 e. The van der Waals surface area contributed by atoms with Crippen LogP contribution in [0.3, 0.4) is 0 Å². The van der Waals surface area contributed by atoms with E-state index in [2.05, 4.69) is 26.2 Å². The number of nitrogens with zero attached hydrogens (tertiary/aromatic N) is 1. The molecular formula is C9H11BrN2O3. The van der Waals surface area contributed by atoms with E-state index in [4.69, 9.17) is 10.2 Å². The van der Waals surface area contributed by atoms with E-state index >= 15 is 0 Å². The first-order valence-electron chi connectivity index (χ1n) is 4.31. The van der Waals surface area contributed by atoms with Crippen LogP contribution >= 0.6 is 15.9 Å². The van der Waals surface area contributed by atoms with E-state index in [-0.39, 0.29) is 19.1 Å². The van der Waals surface area contributed by atoms with Crippen molar-refractivity contribution in [1.82, 2.24) is 10.3 Å². The zero-order chi connectivity index (χ0) is 11.3. The quantitative estimate of drug-likeness (QED) is 0.718. The van der Waals surface area contributed by atoms with Crippen molar-refractivity contribution >= 4 is 21.8 Å². The number of nitrogens with one attached hydrogen (secondary N) is 1. The summed E-state index contributed by atoms with van der Waals surface area (Å²) in [6.07, 6.45) is 2.05. The van der Waals surface area contributed by atoms with Crippen molar-refractivity contribution in [1.29, 1.82) is 0 Å². The second-order valence-electron chi connectivity index (χ2n) is 2.94. The van der Waals surface area contributed by atoms with Crippen molar-refractivity contribution in [3.8, 4) is 0 Å². The predicted octanol–water partition coefficient (Wildman–Crippen LogP) is -0.0729. The van der Waals surface area contributed by atoms with Gasteiger partial charge in [0.15, 0.2) is 0 Å². The van der Waals surface area contributed by atoms with Gasteiger partial charge in [0.2, 0.25) is 0 Å². The molecule has 1 aromatic rings. The summed E-state index contributed by atoms with van der Waals surface area (Å²) in [6, 6.07) is 1.62. The molecule has 3 N–H and O–H groups in total. The Morgan fingerprint density at radius 2 is 2.33 bits per heavy atom. The summed E-state index contributed by atoms with van der Waals surface area (Å²) in [5.74, 6) is -0.337. The number of carbonyl (C=O) groups excluding carboxylic acids is 1. The van der Waals surface area contributed by atoms with Gasteiger partial charge in [-0.2, -0.15) is 0 Å². The molecule has 0 bridgehead atoms. The number of amides is 1. The molecule has 1 atom stereocenters. The number of pyridine rings is 1. The molecule has 5 nitrogen and oxygen atoms in total. The van der Waals surface area contributed by atoms with Gasteiger partial charge in [-0.25, -0.2) is 0 Å². The molecule has 82 valence electrons. The summed E-state index contributed by atoms with van der Waals surface area (Å²) in [4.78, 5) is 15.3. The third-order valence-electron chi connectivity index (χ3n) is 1.68. The summed E-state index contributed by atoms with van der Waals surface area (Å²) < 4.78 is 0.706. The fraction of sp³-hybridized carbons (Fsp3) is 0.333. The van der Waals surface area contributed by atoms with Crippen LogP contribution in [-0.4, -0.2) is 40.4 Å². The van der Waals surface area contributed by atoms with Gasteiger partial charge in [-0.3, -0.25) is 9.78 Å². The van der Waals surface area contributed by atoms with Crippen molar-refractivity contribution in [3.05, 3.63) is 28.5 Å². The van der Waals surface area contributed by atoms with Crippen LogP contribution in [0.1, 0.15) is 10.4 Å². The number of aliphatic hydroxyl groups excluding tert-OH is 2. The summed E-state index contributed by atoms with van der Waals surface area (Å²) in [7, 11) is 0. The average Bonchev–Trinajstić information content (AvgIpc) is 2.25. The first kappa shape index (κ1) is 12.1. The van der Waals surface area contributed by atoms with Crippen molar-refractivity contribution < 1.29 is 15.0 Å². The topological polar surface area (TPSA) is 82.5 Å². The molecule has 0 aliphatic rings. The van der Waals surface area contributed by atoms with Crippen LogP contribution in [0.2, 0.25) is 0 Å². The normalized spacial score (nSPS) is 12.2. The number of halogens is 1. The van der Waals surface area contributed by atoms with Crippen molar-refractivity contribution in [2.75, 3.05) is 13.2 Å². The minimum Gasteiger partial charge on any atom is -0.394 e. The first-order valence-corrected chi connectivity index (χ1v) is 5.10. The van der Waals surface area contributed by atoms with Crippen LogP contribution in [0.4, 0.5) is 0 Å². The molecule has 15 heavy (non-hydrogen) atoms. The minimum absolute atomic E-state index is 0.0157. The second-order valence-corrected chi connectivity index (χ2v) is 3.85. The van der Waals surface area contributed by atoms with Gasteiger partial charge in [0, 0.05) is 23.4 Å². The van der Waals surface area contributed by atoms with E-state index in [9.17, 15) is 4.79 Å². The van der Waals surface area contributed by atoms with Crippen LogP contribution in [0.5, 0.6) is 0 Å². The second kappa shape index (κ2) is 5.79. The Balaban J connectivity index is 2.54. The highest BCUT2D eigenvalue weighted by Crippen LogP contribution is 2.09. The van der Waals surface area contributed by atoms with E-state index < -0.39 is 6.10 Å². The Labute approximate surface area is 95.3 Å². The molecule has 1 amide bonds. The maximum Gasteiger partial charge on any atom is 0.252 e. The number of hydrogen-bond acceptors (Lipinski definition) is 4. The summed E-state index contributed by atoms with van der Waals surface area (Å²) >= 11 is 3.19. The molecule has 0 saturated heterocycles. The highest BCUT2D eigenvalue weighted by Gasteiger charge is 2.08. The highest BCUT2D eigenvalue weighted by molar-refractivity contribution is 9.10. The van der Waals surface area contributed by atoms with Gasteiger partial charge >= 0.3 is 0 Å². The molecule has 1 rings (SSSR count). The summed E-state index contributed by atoms with van der Waals surface area (Å²) in [6.45, 7) is -0.362. The Morgan fingerprint density at radius 3 is 2.93 bits per heavy atom. The van der Waals surface area contributed by atoms with Crippen molar-refractivity contribution in [3.63, 3.8) is 0 Å². The predicted molar refractivity (Wildman–Crippen MR) is 57.4 cm³/mol. The van der Waals surface area contributed by atoms with E-state index in [0.717, 1.165) is 0 Å². The Kier molecular flexibility index (Phi) is 4.67. The molecule has 0 saturated carbocycles. The Bertz CT molecular complexity index is 346. The van der Waals surface area contributed by atoms with Crippen LogP contribution in [0, 0.1) is 0 Å². The first-order chi connectivity index (χ1) is 7.13. The highest BCUT2D eigenvalue weighted by atomic mass is 79.9. The summed E-state index contributed by atoms with van der Waals surface area (Å²) in [5, 5.41) is 20.0. The van der Waals surface area contributed by atoms with Gasteiger partial charge < -0.3 is 15.5 Å². The van der Waals surface area contributed by atoms with Gasteiger partial charge in [0.25, 0.3) is 5.91 Å². The minimum atomic E-state index is -0.936. The van der Waals surface area contributed by atoms with E-state index in [1.807, 2.05) is 0 Å². The lowest BCUT2D eigenvalue weighted by Crippen LogP contribution is -2.33. The molecule has 0 aliphatic carbocycles. The van der Waals surface area contributed by atoms with E-state index in [0.29, 0.717) is 10.0 Å². The molecular weight excluding hydrogens is 264 g/mol. The lowest BCUT2D eigenvalue weighted by molar-refractivity contribution is 0.0801. The molecule has 1 aromatic heterocycles. The molecule has 0 aliphatic heterocycles. The fourth-order valence-corrected chi connectivity index (χ4v) is 1.28. The standard InChI is InChI=1S/C9H11BrN2O3/c10-7-1-6(2-11-3-7)9(15)12-4-8(14)5-13/h1-3,8,13-14H,4-5H2,(H,12,15). The lowest BCUT2D eigenvalue weighted by Gasteiger charge is -2.08. The van der Waals surface area contributed by atoms with Gasteiger partial charge in [0.1, 0.15) is 0 Å². The monoisotopic (exact) mass is 274 g/mol. The van der Waals surface area contributed by atoms with Crippen LogP contribution in [0.15, 0.2) is 22.9 Å². The van der Waals surface area contributed by atoms with Crippen LogP contribution < -0.4 is 5.32 Å². The summed E-state index contributed by atoms with van der Waals surface area (Å²) in [5.41, 5.74) is 0.398. The number of aromatic nitrogens is 1. The van der Waals surface area contributed by atoms with Gasteiger partial charge in [-0.05, 0) is 22.0 Å². The molecule has 0 radical (unpaired) electrons. The smallest absolute Gasteiger partial charge is 0.252 e. The van der Waals surface area contributed by atoms with Gasteiger partial charge in [0.05, 0.1) is 18.3 Å². The number of hydrogen-bond donors (Lipinski definition) is 3. The van der Waals surface area contributed by atoms with Crippen LogP contribution in [0.25, 0.3) is 0 Å². The Morgan fingerprint density at radius 1 is 1.60 bits per heavy atom. The average molecular weight is 275 g/mol. The van der Waals surface area contributed by atoms with Crippen molar-refractivity contribution in [2.45, 2.75) is 6.10 Å². The number of aliphatic hydroxyl groups is 2. The number of carbonyl (C=O) groups is 1. The lowest BCUT2D eigenvalue weighted by atomic mass is 10.2. The van der Waals surface area contributed by atoms with E-state index in [1.54, 1.807) is 12.3 Å². The molecule has 0 spiro atoms. The molecule has 1 heterocycles. The van der Waals surface area contributed by atoms with Crippen LogP contribution in [-0.2, 0) is 0 Å². The fourth-order valence-electron chi connectivity index (χ4n) is 0.913. The maximum atomic E-state index is 11.5. The molecule has 0 fully saturated rings. The zero-order valence-electron chi connectivity index (χ0n) is 7.85.